The quantitative estimate of drug-likeness (QED) is 0.907. The first kappa shape index (κ1) is 12.5. The molecule has 0 bridgehead atoms. The summed E-state index contributed by atoms with van der Waals surface area (Å²) >= 11 is 0. The average molecular weight is 261 g/mol. The van der Waals surface area contributed by atoms with Crippen molar-refractivity contribution in [3.63, 3.8) is 0 Å². The van der Waals surface area contributed by atoms with Gasteiger partial charge in [0.05, 0.1) is 18.6 Å². The van der Waals surface area contributed by atoms with Gasteiger partial charge in [-0.15, -0.1) is 0 Å². The number of aromatic nitrogens is 1. The molecule has 1 aromatic carbocycles. The molecule has 0 aliphatic heterocycles. The third-order valence-corrected chi connectivity index (χ3v) is 4.28. The SMILES string of the molecule is C[NH+](Cn1c(=O)oc2ccccc21)C1CCCCC1. The van der Waals surface area contributed by atoms with Crippen molar-refractivity contribution in [2.45, 2.75) is 44.8 Å². The fraction of sp³-hybridized carbons (Fsp3) is 0.533. The van der Waals surface area contributed by atoms with E-state index < -0.39 is 0 Å². The van der Waals surface area contributed by atoms with E-state index in [4.69, 9.17) is 4.42 Å². The molecule has 0 spiro atoms. The highest BCUT2D eigenvalue weighted by Crippen LogP contribution is 2.15. The molecule has 4 heteroatoms. The topological polar surface area (TPSA) is 39.6 Å². The Morgan fingerprint density at radius 3 is 2.79 bits per heavy atom. The number of nitrogens with zero attached hydrogens (tertiary/aromatic N) is 1. The molecule has 1 aliphatic carbocycles. The average Bonchev–Trinajstić information content (AvgIpc) is 2.76. The third kappa shape index (κ3) is 2.45. The Balaban J connectivity index is 1.84. The van der Waals surface area contributed by atoms with Gasteiger partial charge in [-0.3, -0.25) is 0 Å². The minimum absolute atomic E-state index is 0.239. The zero-order valence-electron chi connectivity index (χ0n) is 11.4. The standard InChI is InChI=1S/C15H20N2O2/c1-16(12-7-3-2-4-8-12)11-17-13-9-5-6-10-14(13)19-15(17)18/h5-6,9-10,12H,2-4,7-8,11H2,1H3/p+1. The number of rotatable bonds is 3. The molecular weight excluding hydrogens is 240 g/mol. The van der Waals surface area contributed by atoms with E-state index in [0.29, 0.717) is 18.3 Å². The van der Waals surface area contributed by atoms with Gasteiger partial charge in [-0.25, -0.2) is 9.36 Å². The zero-order valence-corrected chi connectivity index (χ0v) is 11.4. The van der Waals surface area contributed by atoms with Crippen LogP contribution < -0.4 is 10.7 Å². The zero-order chi connectivity index (χ0) is 13.2. The molecule has 1 atom stereocenters. The molecule has 0 radical (unpaired) electrons. The van der Waals surface area contributed by atoms with Crippen molar-refractivity contribution in [1.82, 2.24) is 4.57 Å². The van der Waals surface area contributed by atoms with Gasteiger partial charge in [0.25, 0.3) is 0 Å². The van der Waals surface area contributed by atoms with Crippen molar-refractivity contribution in [3.05, 3.63) is 34.8 Å². The van der Waals surface area contributed by atoms with Gasteiger partial charge >= 0.3 is 5.76 Å². The van der Waals surface area contributed by atoms with Gasteiger partial charge in [0, 0.05) is 0 Å². The highest BCUT2D eigenvalue weighted by Gasteiger charge is 2.23. The van der Waals surface area contributed by atoms with E-state index >= 15 is 0 Å². The smallest absolute Gasteiger partial charge is 0.408 e. The summed E-state index contributed by atoms with van der Waals surface area (Å²) in [6.45, 7) is 0.695. The van der Waals surface area contributed by atoms with Crippen molar-refractivity contribution in [2.75, 3.05) is 7.05 Å². The molecular formula is C15H21N2O2+. The first-order valence-corrected chi connectivity index (χ1v) is 7.16. The largest absolute Gasteiger partial charge is 0.424 e. The highest BCUT2D eigenvalue weighted by molar-refractivity contribution is 5.72. The Labute approximate surface area is 112 Å². The molecule has 1 aromatic heterocycles. The first-order valence-electron chi connectivity index (χ1n) is 7.16. The fourth-order valence-corrected chi connectivity index (χ4v) is 3.14. The Hall–Kier alpha value is -1.55. The van der Waals surface area contributed by atoms with Crippen LogP contribution in [0.25, 0.3) is 11.1 Å². The van der Waals surface area contributed by atoms with Crippen LogP contribution in [0, 0.1) is 0 Å². The minimum Gasteiger partial charge on any atom is -0.408 e. The Bertz CT molecular complexity index is 608. The molecule has 1 heterocycles. The minimum atomic E-state index is -0.239. The van der Waals surface area contributed by atoms with Crippen LogP contribution in [0.3, 0.4) is 0 Å². The molecule has 3 rings (SSSR count). The molecule has 1 saturated carbocycles. The highest BCUT2D eigenvalue weighted by atomic mass is 16.4. The molecule has 2 aromatic rings. The number of nitrogens with one attached hydrogen (secondary N) is 1. The Morgan fingerprint density at radius 2 is 2.00 bits per heavy atom. The third-order valence-electron chi connectivity index (χ3n) is 4.28. The fourth-order valence-electron chi connectivity index (χ4n) is 3.14. The van der Waals surface area contributed by atoms with Crippen molar-refractivity contribution >= 4 is 11.1 Å². The Kier molecular flexibility index (Phi) is 3.42. The summed E-state index contributed by atoms with van der Waals surface area (Å²) in [4.78, 5) is 13.4. The van der Waals surface area contributed by atoms with Crippen molar-refractivity contribution < 1.29 is 9.32 Å². The molecule has 1 unspecified atom stereocenters. The summed E-state index contributed by atoms with van der Waals surface area (Å²) in [6, 6.07) is 8.32. The van der Waals surface area contributed by atoms with Crippen molar-refractivity contribution in [3.8, 4) is 0 Å². The van der Waals surface area contributed by atoms with Crippen LogP contribution in [-0.2, 0) is 6.67 Å². The van der Waals surface area contributed by atoms with E-state index in [1.807, 2.05) is 24.3 Å². The van der Waals surface area contributed by atoms with Crippen LogP contribution in [0.1, 0.15) is 32.1 Å². The van der Waals surface area contributed by atoms with Gasteiger partial charge in [-0.2, -0.15) is 0 Å². The summed E-state index contributed by atoms with van der Waals surface area (Å²) in [5.41, 5.74) is 1.59. The van der Waals surface area contributed by atoms with E-state index in [2.05, 4.69) is 7.05 Å². The maximum absolute atomic E-state index is 11.9. The predicted molar refractivity (Wildman–Crippen MR) is 74.2 cm³/mol. The molecule has 102 valence electrons. The molecule has 1 aliphatic rings. The van der Waals surface area contributed by atoms with E-state index in [9.17, 15) is 4.79 Å². The van der Waals surface area contributed by atoms with Crippen LogP contribution in [0.5, 0.6) is 0 Å². The number of quaternary nitrogens is 1. The van der Waals surface area contributed by atoms with Gasteiger partial charge < -0.3 is 9.32 Å². The van der Waals surface area contributed by atoms with E-state index in [-0.39, 0.29) is 5.76 Å². The summed E-state index contributed by atoms with van der Waals surface area (Å²) in [7, 11) is 2.18. The lowest BCUT2D eigenvalue weighted by Gasteiger charge is -2.28. The van der Waals surface area contributed by atoms with Crippen LogP contribution >= 0.6 is 0 Å². The summed E-state index contributed by atoms with van der Waals surface area (Å²) < 4.78 is 7.04. The monoisotopic (exact) mass is 261 g/mol. The lowest BCUT2D eigenvalue weighted by Crippen LogP contribution is -3.12. The summed E-state index contributed by atoms with van der Waals surface area (Å²) in [6.07, 6.45) is 6.55. The van der Waals surface area contributed by atoms with Gasteiger partial charge in [-0.1, -0.05) is 18.6 Å². The number of benzene rings is 1. The summed E-state index contributed by atoms with van der Waals surface area (Å²) in [5.74, 6) is -0.239. The number of hydrogen-bond acceptors (Lipinski definition) is 2. The van der Waals surface area contributed by atoms with Crippen LogP contribution in [0.2, 0.25) is 0 Å². The maximum Gasteiger partial charge on any atom is 0.424 e. The van der Waals surface area contributed by atoms with Crippen LogP contribution in [0.15, 0.2) is 33.5 Å². The lowest BCUT2D eigenvalue weighted by molar-refractivity contribution is -0.929. The van der Waals surface area contributed by atoms with E-state index in [1.54, 1.807) is 4.57 Å². The van der Waals surface area contributed by atoms with Crippen LogP contribution in [-0.4, -0.2) is 17.7 Å². The number of oxazole rings is 1. The molecule has 19 heavy (non-hydrogen) atoms. The number of fused-ring (bicyclic) bond motifs is 1. The second-order valence-corrected chi connectivity index (χ2v) is 5.60. The first-order chi connectivity index (χ1) is 9.25. The van der Waals surface area contributed by atoms with E-state index in [1.165, 1.54) is 37.0 Å². The molecule has 4 nitrogen and oxygen atoms in total. The maximum atomic E-state index is 11.9. The molecule has 0 amide bonds. The number of para-hydroxylation sites is 2. The molecule has 1 N–H and O–H groups in total. The molecule has 1 fully saturated rings. The lowest BCUT2D eigenvalue weighted by atomic mass is 9.95. The molecule has 0 saturated heterocycles. The van der Waals surface area contributed by atoms with Gasteiger partial charge in [0.2, 0.25) is 0 Å². The van der Waals surface area contributed by atoms with Gasteiger partial charge in [0.1, 0.15) is 0 Å². The second-order valence-electron chi connectivity index (χ2n) is 5.60. The Morgan fingerprint density at radius 1 is 1.26 bits per heavy atom. The summed E-state index contributed by atoms with van der Waals surface area (Å²) in [5, 5.41) is 0. The van der Waals surface area contributed by atoms with Gasteiger partial charge in [-0.05, 0) is 37.8 Å². The van der Waals surface area contributed by atoms with Crippen molar-refractivity contribution in [1.29, 1.82) is 0 Å². The van der Waals surface area contributed by atoms with Crippen molar-refractivity contribution in [2.24, 2.45) is 0 Å². The second kappa shape index (κ2) is 5.21. The normalized spacial score (nSPS) is 18.8. The van der Waals surface area contributed by atoms with E-state index in [0.717, 1.165) is 5.52 Å². The van der Waals surface area contributed by atoms with Crippen LogP contribution in [0.4, 0.5) is 0 Å². The number of hydrogen-bond donors (Lipinski definition) is 1. The van der Waals surface area contributed by atoms with Gasteiger partial charge in [0.15, 0.2) is 12.3 Å². The predicted octanol–water partition coefficient (Wildman–Crippen LogP) is 1.40.